The second kappa shape index (κ2) is 8.28. The van der Waals surface area contributed by atoms with Gasteiger partial charge in [-0.3, -0.25) is 4.79 Å². The van der Waals surface area contributed by atoms with Crippen molar-refractivity contribution < 1.29 is 14.3 Å². The molecule has 0 radical (unpaired) electrons. The van der Waals surface area contributed by atoms with E-state index in [9.17, 15) is 4.79 Å². The highest BCUT2D eigenvalue weighted by molar-refractivity contribution is 5.82. The SMILES string of the molecule is CCOC(=O)CN=C(Cc1ccccc1)OCC. The molecule has 18 heavy (non-hydrogen) atoms. The lowest BCUT2D eigenvalue weighted by atomic mass is 10.1. The summed E-state index contributed by atoms with van der Waals surface area (Å²) in [6.45, 7) is 4.58. The average Bonchev–Trinajstić information content (AvgIpc) is 2.38. The number of rotatable bonds is 6. The van der Waals surface area contributed by atoms with Crippen LogP contribution in [0.5, 0.6) is 0 Å². The van der Waals surface area contributed by atoms with Gasteiger partial charge in [0.15, 0.2) is 5.90 Å². The fourth-order valence-corrected chi connectivity index (χ4v) is 1.45. The van der Waals surface area contributed by atoms with E-state index in [0.29, 0.717) is 25.5 Å². The molecule has 0 fully saturated rings. The van der Waals surface area contributed by atoms with Crippen molar-refractivity contribution in [3.63, 3.8) is 0 Å². The van der Waals surface area contributed by atoms with Crippen molar-refractivity contribution in [2.75, 3.05) is 19.8 Å². The van der Waals surface area contributed by atoms with E-state index in [-0.39, 0.29) is 12.5 Å². The van der Waals surface area contributed by atoms with Crippen LogP contribution in [0, 0.1) is 0 Å². The minimum absolute atomic E-state index is 0.00993. The van der Waals surface area contributed by atoms with Crippen molar-refractivity contribution in [3.8, 4) is 0 Å². The minimum Gasteiger partial charge on any atom is -0.481 e. The van der Waals surface area contributed by atoms with Crippen LogP contribution in [0.4, 0.5) is 0 Å². The van der Waals surface area contributed by atoms with Gasteiger partial charge < -0.3 is 9.47 Å². The van der Waals surface area contributed by atoms with Crippen LogP contribution >= 0.6 is 0 Å². The molecule has 1 aromatic carbocycles. The van der Waals surface area contributed by atoms with Crippen molar-refractivity contribution in [3.05, 3.63) is 35.9 Å². The van der Waals surface area contributed by atoms with Gasteiger partial charge in [0.25, 0.3) is 0 Å². The molecule has 0 N–H and O–H groups in total. The zero-order chi connectivity index (χ0) is 13.2. The number of hydrogen-bond acceptors (Lipinski definition) is 4. The van der Waals surface area contributed by atoms with Gasteiger partial charge in [-0.2, -0.15) is 0 Å². The summed E-state index contributed by atoms with van der Waals surface area (Å²) < 4.78 is 10.2. The van der Waals surface area contributed by atoms with Gasteiger partial charge in [-0.1, -0.05) is 30.3 Å². The summed E-state index contributed by atoms with van der Waals surface area (Å²) in [6, 6.07) is 9.88. The lowest BCUT2D eigenvalue weighted by Crippen LogP contribution is -2.14. The van der Waals surface area contributed by atoms with E-state index in [0.717, 1.165) is 5.56 Å². The van der Waals surface area contributed by atoms with E-state index >= 15 is 0 Å². The van der Waals surface area contributed by atoms with Gasteiger partial charge in [0.2, 0.25) is 0 Å². The van der Waals surface area contributed by atoms with Gasteiger partial charge in [-0.25, -0.2) is 4.99 Å². The van der Waals surface area contributed by atoms with Crippen LogP contribution in [0.1, 0.15) is 19.4 Å². The van der Waals surface area contributed by atoms with Crippen LogP contribution in [0.15, 0.2) is 35.3 Å². The molecule has 0 saturated heterocycles. The Morgan fingerprint density at radius 2 is 1.78 bits per heavy atom. The zero-order valence-corrected chi connectivity index (χ0v) is 10.9. The third kappa shape index (κ3) is 5.48. The smallest absolute Gasteiger partial charge is 0.327 e. The highest BCUT2D eigenvalue weighted by Crippen LogP contribution is 2.02. The summed E-state index contributed by atoms with van der Waals surface area (Å²) in [6.07, 6.45) is 0.591. The third-order valence-electron chi connectivity index (χ3n) is 2.20. The molecular weight excluding hydrogens is 230 g/mol. The Bertz CT molecular complexity index is 387. The zero-order valence-electron chi connectivity index (χ0n) is 10.9. The molecular formula is C14H19NO3. The number of nitrogens with zero attached hydrogens (tertiary/aromatic N) is 1. The molecule has 0 heterocycles. The quantitative estimate of drug-likeness (QED) is 0.441. The number of carbonyl (C=O) groups is 1. The first-order chi connectivity index (χ1) is 8.76. The maximum atomic E-state index is 11.2. The first kappa shape index (κ1) is 14.2. The first-order valence-corrected chi connectivity index (χ1v) is 6.12. The Morgan fingerprint density at radius 3 is 2.39 bits per heavy atom. The molecule has 0 amide bonds. The summed E-state index contributed by atoms with van der Waals surface area (Å²) in [5.41, 5.74) is 1.11. The van der Waals surface area contributed by atoms with E-state index < -0.39 is 0 Å². The number of benzene rings is 1. The van der Waals surface area contributed by atoms with Crippen LogP contribution in [0.25, 0.3) is 0 Å². The summed E-state index contributed by atoms with van der Waals surface area (Å²) in [4.78, 5) is 15.4. The molecule has 1 aromatic rings. The molecule has 4 nitrogen and oxygen atoms in total. The molecule has 4 heteroatoms. The molecule has 0 aliphatic carbocycles. The van der Waals surface area contributed by atoms with Gasteiger partial charge in [0.1, 0.15) is 6.54 Å². The predicted octanol–water partition coefficient (Wildman–Crippen LogP) is 2.23. The largest absolute Gasteiger partial charge is 0.481 e. The van der Waals surface area contributed by atoms with Crippen LogP contribution < -0.4 is 0 Å². The highest BCUT2D eigenvalue weighted by Gasteiger charge is 2.05. The molecule has 0 bridgehead atoms. The molecule has 98 valence electrons. The molecule has 0 spiro atoms. The number of carbonyl (C=O) groups excluding carboxylic acids is 1. The number of esters is 1. The molecule has 1 rings (SSSR count). The van der Waals surface area contributed by atoms with E-state index in [2.05, 4.69) is 4.99 Å². The van der Waals surface area contributed by atoms with E-state index in [1.165, 1.54) is 0 Å². The van der Waals surface area contributed by atoms with Gasteiger partial charge in [-0.15, -0.1) is 0 Å². The summed E-state index contributed by atoms with van der Waals surface area (Å²) in [5, 5.41) is 0. The number of ether oxygens (including phenoxy) is 2. The number of aliphatic imine (C=N–C) groups is 1. The Morgan fingerprint density at radius 1 is 1.11 bits per heavy atom. The van der Waals surface area contributed by atoms with Crippen molar-refractivity contribution in [2.45, 2.75) is 20.3 Å². The Kier molecular flexibility index (Phi) is 6.54. The number of hydrogen-bond donors (Lipinski definition) is 0. The fraction of sp³-hybridized carbons (Fsp3) is 0.429. The lowest BCUT2D eigenvalue weighted by molar-refractivity contribution is -0.141. The van der Waals surface area contributed by atoms with Gasteiger partial charge in [-0.05, 0) is 19.4 Å². The standard InChI is InChI=1S/C14H19NO3/c1-3-17-13(15-11-14(16)18-4-2)10-12-8-6-5-7-9-12/h5-9H,3-4,10-11H2,1-2H3. The average molecular weight is 249 g/mol. The van der Waals surface area contributed by atoms with Crippen molar-refractivity contribution >= 4 is 11.9 Å². The van der Waals surface area contributed by atoms with Gasteiger partial charge in [0.05, 0.1) is 13.2 Å². The molecule has 0 unspecified atom stereocenters. The summed E-state index contributed by atoms with van der Waals surface area (Å²) >= 11 is 0. The van der Waals surface area contributed by atoms with Crippen molar-refractivity contribution in [2.24, 2.45) is 4.99 Å². The third-order valence-corrected chi connectivity index (χ3v) is 2.20. The van der Waals surface area contributed by atoms with E-state index in [1.54, 1.807) is 6.92 Å². The maximum Gasteiger partial charge on any atom is 0.327 e. The molecule has 0 atom stereocenters. The predicted molar refractivity (Wildman–Crippen MR) is 70.7 cm³/mol. The van der Waals surface area contributed by atoms with E-state index in [1.807, 2.05) is 37.3 Å². The van der Waals surface area contributed by atoms with Crippen molar-refractivity contribution in [1.29, 1.82) is 0 Å². The maximum absolute atomic E-state index is 11.2. The van der Waals surface area contributed by atoms with Gasteiger partial charge in [0, 0.05) is 6.42 Å². The second-order valence-electron chi connectivity index (χ2n) is 3.61. The molecule has 0 aliphatic heterocycles. The van der Waals surface area contributed by atoms with Crippen LogP contribution in [-0.4, -0.2) is 31.6 Å². The van der Waals surface area contributed by atoms with Gasteiger partial charge >= 0.3 is 5.97 Å². The Labute approximate surface area is 108 Å². The second-order valence-corrected chi connectivity index (χ2v) is 3.61. The normalized spacial score (nSPS) is 11.1. The van der Waals surface area contributed by atoms with E-state index in [4.69, 9.17) is 9.47 Å². The summed E-state index contributed by atoms with van der Waals surface area (Å²) in [5.74, 6) is 0.236. The lowest BCUT2D eigenvalue weighted by Gasteiger charge is -2.07. The Balaban J connectivity index is 2.59. The molecule has 0 aromatic heterocycles. The van der Waals surface area contributed by atoms with Crippen molar-refractivity contribution in [1.82, 2.24) is 0 Å². The Hall–Kier alpha value is -1.84. The fourth-order valence-electron chi connectivity index (χ4n) is 1.45. The molecule has 0 saturated carbocycles. The van der Waals surface area contributed by atoms with Crippen LogP contribution in [0.2, 0.25) is 0 Å². The molecule has 0 aliphatic rings. The van der Waals surface area contributed by atoms with Crippen LogP contribution in [0.3, 0.4) is 0 Å². The van der Waals surface area contributed by atoms with Crippen LogP contribution in [-0.2, 0) is 20.7 Å². The minimum atomic E-state index is -0.331. The highest BCUT2D eigenvalue weighted by atomic mass is 16.5. The monoisotopic (exact) mass is 249 g/mol. The topological polar surface area (TPSA) is 47.9 Å². The summed E-state index contributed by atoms with van der Waals surface area (Å²) in [7, 11) is 0. The first-order valence-electron chi connectivity index (χ1n) is 6.12.